The van der Waals surface area contributed by atoms with Crippen molar-refractivity contribution in [3.8, 4) is 0 Å². The number of allylic oxidation sites excluding steroid dienone is 4. The molecular weight excluding hydrogens is 302 g/mol. The quantitative estimate of drug-likeness (QED) is 0.603. The summed E-state index contributed by atoms with van der Waals surface area (Å²) in [6.07, 6.45) is 14.0. The Kier molecular flexibility index (Phi) is 13.0. The van der Waals surface area contributed by atoms with Gasteiger partial charge in [-0.05, 0) is 25.7 Å². The van der Waals surface area contributed by atoms with Crippen molar-refractivity contribution in [3.63, 3.8) is 0 Å². The van der Waals surface area contributed by atoms with Crippen molar-refractivity contribution in [1.29, 1.82) is 0 Å². The molecule has 0 spiro atoms. The second-order valence-electron chi connectivity index (χ2n) is 2.14. The van der Waals surface area contributed by atoms with E-state index in [1.54, 1.807) is 0 Å². The summed E-state index contributed by atoms with van der Waals surface area (Å²) in [5, 5.41) is 0. The second kappa shape index (κ2) is 9.73. The van der Waals surface area contributed by atoms with Crippen molar-refractivity contribution in [2.75, 3.05) is 0 Å². The smallest absolute Gasteiger partial charge is 0 e. The molecule has 0 heterocycles. The molecule has 1 aliphatic carbocycles. The molecule has 2 heteroatoms. The Morgan fingerprint density at radius 1 is 0.700 bits per heavy atom. The minimum absolute atomic E-state index is 0. The Labute approximate surface area is 88.7 Å². The standard InChI is InChI=1S/C8H12.2Rh/c1-2-4-6-8-7-5-3-1;;/h1-4H,5-8H2;;/b3-1-,4-2-;;. The zero-order chi connectivity index (χ0) is 5.66. The van der Waals surface area contributed by atoms with Gasteiger partial charge in [-0.1, -0.05) is 24.3 Å². The summed E-state index contributed by atoms with van der Waals surface area (Å²) in [5.41, 5.74) is 0. The van der Waals surface area contributed by atoms with Crippen LogP contribution in [-0.4, -0.2) is 0 Å². The summed E-state index contributed by atoms with van der Waals surface area (Å²) in [7, 11) is 0. The van der Waals surface area contributed by atoms with E-state index in [0.717, 1.165) is 0 Å². The number of hydrogen-bond acceptors (Lipinski definition) is 0. The Morgan fingerprint density at radius 3 is 1.50 bits per heavy atom. The third-order valence-electron chi connectivity index (χ3n) is 1.37. The van der Waals surface area contributed by atoms with Gasteiger partial charge in [0, 0.05) is 39.0 Å². The fourth-order valence-corrected chi connectivity index (χ4v) is 0.874. The molecule has 1 rings (SSSR count). The number of hydrogen-bond donors (Lipinski definition) is 0. The van der Waals surface area contributed by atoms with Gasteiger partial charge < -0.3 is 0 Å². The van der Waals surface area contributed by atoms with Crippen LogP contribution in [0.15, 0.2) is 24.3 Å². The first kappa shape index (κ1) is 13.3. The summed E-state index contributed by atoms with van der Waals surface area (Å²) in [6, 6.07) is 0. The molecule has 0 aromatic rings. The van der Waals surface area contributed by atoms with Crippen molar-refractivity contribution >= 4 is 0 Å². The topological polar surface area (TPSA) is 0 Å². The van der Waals surface area contributed by atoms with E-state index in [2.05, 4.69) is 24.3 Å². The molecule has 0 saturated carbocycles. The number of rotatable bonds is 0. The summed E-state index contributed by atoms with van der Waals surface area (Å²) >= 11 is 0. The van der Waals surface area contributed by atoms with Gasteiger partial charge in [-0.2, -0.15) is 0 Å². The van der Waals surface area contributed by atoms with Gasteiger partial charge >= 0.3 is 0 Å². The molecular formula is C8H12Rh2. The van der Waals surface area contributed by atoms with Crippen molar-refractivity contribution in [2.24, 2.45) is 0 Å². The van der Waals surface area contributed by atoms with Gasteiger partial charge in [-0.15, -0.1) is 0 Å². The Hall–Kier alpha value is 0.727. The van der Waals surface area contributed by atoms with Crippen LogP contribution < -0.4 is 0 Å². The molecule has 2 radical (unpaired) electrons. The van der Waals surface area contributed by atoms with Crippen LogP contribution >= 0.6 is 0 Å². The Morgan fingerprint density at radius 2 is 1.10 bits per heavy atom. The fourth-order valence-electron chi connectivity index (χ4n) is 0.874. The van der Waals surface area contributed by atoms with E-state index in [-0.39, 0.29) is 39.0 Å². The molecule has 0 nitrogen and oxygen atoms in total. The summed E-state index contributed by atoms with van der Waals surface area (Å²) in [6.45, 7) is 0. The second-order valence-corrected chi connectivity index (χ2v) is 2.14. The predicted octanol–water partition coefficient (Wildman–Crippen LogP) is 2.67. The van der Waals surface area contributed by atoms with E-state index < -0.39 is 0 Å². The van der Waals surface area contributed by atoms with E-state index in [1.807, 2.05) is 0 Å². The van der Waals surface area contributed by atoms with Crippen molar-refractivity contribution in [2.45, 2.75) is 25.7 Å². The van der Waals surface area contributed by atoms with Crippen LogP contribution in [0, 0.1) is 0 Å². The first-order valence-corrected chi connectivity index (χ1v) is 3.32. The third kappa shape index (κ3) is 6.84. The van der Waals surface area contributed by atoms with Crippen LogP contribution in [0.1, 0.15) is 25.7 Å². The van der Waals surface area contributed by atoms with Gasteiger partial charge in [0.1, 0.15) is 0 Å². The Bertz CT molecular complexity index is 91.8. The summed E-state index contributed by atoms with van der Waals surface area (Å²) in [4.78, 5) is 0. The van der Waals surface area contributed by atoms with E-state index in [9.17, 15) is 0 Å². The molecule has 0 saturated heterocycles. The van der Waals surface area contributed by atoms with Gasteiger partial charge in [0.15, 0.2) is 0 Å². The average Bonchev–Trinajstić information content (AvgIpc) is 1.62. The molecule has 0 amide bonds. The van der Waals surface area contributed by atoms with Crippen molar-refractivity contribution in [3.05, 3.63) is 24.3 Å². The molecule has 62 valence electrons. The maximum absolute atomic E-state index is 2.23. The van der Waals surface area contributed by atoms with Crippen LogP contribution in [0.25, 0.3) is 0 Å². The summed E-state index contributed by atoms with van der Waals surface area (Å²) in [5.74, 6) is 0. The van der Waals surface area contributed by atoms with E-state index in [4.69, 9.17) is 0 Å². The zero-order valence-electron chi connectivity index (χ0n) is 5.80. The summed E-state index contributed by atoms with van der Waals surface area (Å²) < 4.78 is 0. The molecule has 0 bridgehead atoms. The van der Waals surface area contributed by atoms with Gasteiger partial charge in [-0.25, -0.2) is 0 Å². The largest absolute Gasteiger partial charge is 0.0845 e. The van der Waals surface area contributed by atoms with Gasteiger partial charge in [0.25, 0.3) is 0 Å². The van der Waals surface area contributed by atoms with Crippen LogP contribution in [-0.2, 0) is 39.0 Å². The van der Waals surface area contributed by atoms with Gasteiger partial charge in [0.2, 0.25) is 0 Å². The molecule has 0 unspecified atom stereocenters. The molecule has 0 aromatic carbocycles. The monoisotopic (exact) mass is 314 g/mol. The molecule has 0 fully saturated rings. The fraction of sp³-hybridized carbons (Fsp3) is 0.500. The molecule has 10 heavy (non-hydrogen) atoms. The zero-order valence-corrected chi connectivity index (χ0v) is 9.08. The molecule has 0 atom stereocenters. The SMILES string of the molecule is C1=C\CCCC\C=C/1.[Rh].[Rh]. The minimum Gasteiger partial charge on any atom is -0.0845 e. The maximum Gasteiger partial charge on any atom is 0 e. The van der Waals surface area contributed by atoms with Crippen LogP contribution in [0.2, 0.25) is 0 Å². The van der Waals surface area contributed by atoms with E-state index in [1.165, 1.54) is 25.7 Å². The van der Waals surface area contributed by atoms with E-state index >= 15 is 0 Å². The van der Waals surface area contributed by atoms with Gasteiger partial charge in [-0.3, -0.25) is 0 Å². The van der Waals surface area contributed by atoms with E-state index in [0.29, 0.717) is 0 Å². The predicted molar refractivity (Wildman–Crippen MR) is 36.7 cm³/mol. The van der Waals surface area contributed by atoms with Crippen molar-refractivity contribution in [1.82, 2.24) is 0 Å². The molecule has 0 N–H and O–H groups in total. The first-order chi connectivity index (χ1) is 4.00. The molecule has 0 aliphatic heterocycles. The maximum atomic E-state index is 2.23. The Balaban J connectivity index is 0. The minimum atomic E-state index is 0. The average molecular weight is 314 g/mol. The van der Waals surface area contributed by atoms with Crippen molar-refractivity contribution < 1.29 is 39.0 Å². The first-order valence-electron chi connectivity index (χ1n) is 3.32. The molecule has 1 aliphatic rings. The van der Waals surface area contributed by atoms with Crippen LogP contribution in [0.5, 0.6) is 0 Å². The van der Waals surface area contributed by atoms with Crippen LogP contribution in [0.3, 0.4) is 0 Å². The van der Waals surface area contributed by atoms with Gasteiger partial charge in [0.05, 0.1) is 0 Å². The van der Waals surface area contributed by atoms with Crippen LogP contribution in [0.4, 0.5) is 0 Å². The normalized spacial score (nSPS) is 22.4. The molecule has 0 aromatic heterocycles. The third-order valence-corrected chi connectivity index (χ3v) is 1.37.